The van der Waals surface area contributed by atoms with Crippen molar-refractivity contribution in [1.82, 2.24) is 4.57 Å². The van der Waals surface area contributed by atoms with Gasteiger partial charge in [-0.05, 0) is 55.3 Å². The van der Waals surface area contributed by atoms with Crippen LogP contribution >= 0.6 is 11.3 Å². The Kier molecular flexibility index (Phi) is 6.48. The third kappa shape index (κ3) is 4.83. The minimum absolute atomic E-state index is 0.0672. The van der Waals surface area contributed by atoms with Crippen LogP contribution in [0.15, 0.2) is 52.8 Å². The highest BCUT2D eigenvalue weighted by atomic mass is 32.1. The number of hydrogen-bond donors (Lipinski definition) is 1. The summed E-state index contributed by atoms with van der Waals surface area (Å²) in [5, 5.41) is 5.13. The van der Waals surface area contributed by atoms with Crippen LogP contribution in [0, 0.1) is 0 Å². The Hall–Kier alpha value is -3.06. The number of nitrogens with one attached hydrogen (secondary N) is 1. The quantitative estimate of drug-likeness (QED) is 0.510. The highest BCUT2D eigenvalue weighted by molar-refractivity contribution is 7.07. The van der Waals surface area contributed by atoms with E-state index < -0.39 is 0 Å². The molecule has 5 rings (SSSR count). The molecule has 1 N–H and O–H groups in total. The van der Waals surface area contributed by atoms with Crippen LogP contribution in [0.3, 0.4) is 0 Å². The standard InChI is InChI=1S/C26H29N3O3S/c1-31-21-12-10-19(11-13-21)27-26-29(20-7-5-3-2-4-6-8-20)23(17-33-26)18-9-14-24-22(15-18)28-25(30)16-32-24/h9-15,17,20H,2-8,16H2,1H3,(H,28,30). The van der Waals surface area contributed by atoms with E-state index in [0.717, 1.165) is 46.0 Å². The highest BCUT2D eigenvalue weighted by Gasteiger charge is 2.21. The number of methoxy groups -OCH3 is 1. The number of ether oxygens (including phenoxy) is 2. The molecule has 172 valence electrons. The van der Waals surface area contributed by atoms with Crippen LogP contribution in [-0.4, -0.2) is 24.2 Å². The second kappa shape index (κ2) is 9.83. The number of nitrogens with zero attached hydrogens (tertiary/aromatic N) is 2. The minimum Gasteiger partial charge on any atom is -0.497 e. The Labute approximate surface area is 197 Å². The number of benzene rings is 2. The zero-order valence-corrected chi connectivity index (χ0v) is 19.7. The molecule has 0 atom stereocenters. The number of fused-ring (bicyclic) bond motifs is 1. The van der Waals surface area contributed by atoms with Crippen molar-refractivity contribution in [3.63, 3.8) is 0 Å². The van der Waals surface area contributed by atoms with Gasteiger partial charge in [-0.3, -0.25) is 4.79 Å². The first kappa shape index (κ1) is 21.8. The number of hydrogen-bond acceptors (Lipinski definition) is 5. The van der Waals surface area contributed by atoms with Gasteiger partial charge in [-0.2, -0.15) is 0 Å². The molecule has 2 aliphatic rings. The van der Waals surface area contributed by atoms with Crippen LogP contribution in [0.4, 0.5) is 11.4 Å². The minimum atomic E-state index is -0.118. The SMILES string of the molecule is COc1ccc(N=c2scc(-c3ccc4c(c3)NC(=O)CO4)n2C2CCCCCCC2)cc1. The lowest BCUT2D eigenvalue weighted by atomic mass is 9.96. The van der Waals surface area contributed by atoms with Crippen LogP contribution in [0.25, 0.3) is 11.3 Å². The predicted molar refractivity (Wildman–Crippen MR) is 131 cm³/mol. The maximum atomic E-state index is 11.8. The zero-order chi connectivity index (χ0) is 22.6. The molecule has 1 aliphatic carbocycles. The Balaban J connectivity index is 1.59. The lowest BCUT2D eigenvalue weighted by Crippen LogP contribution is -2.25. The zero-order valence-electron chi connectivity index (χ0n) is 18.9. The van der Waals surface area contributed by atoms with Crippen molar-refractivity contribution < 1.29 is 14.3 Å². The smallest absolute Gasteiger partial charge is 0.262 e. The number of rotatable bonds is 4. The molecule has 1 fully saturated rings. The lowest BCUT2D eigenvalue weighted by Gasteiger charge is -2.24. The summed E-state index contributed by atoms with van der Waals surface area (Å²) in [6, 6.07) is 14.3. The predicted octanol–water partition coefficient (Wildman–Crippen LogP) is 6.07. The van der Waals surface area contributed by atoms with E-state index in [1.54, 1.807) is 18.4 Å². The normalized spacial score (nSPS) is 17.5. The fourth-order valence-electron chi connectivity index (χ4n) is 4.67. The lowest BCUT2D eigenvalue weighted by molar-refractivity contribution is -0.118. The van der Waals surface area contributed by atoms with Crippen molar-refractivity contribution in [3.8, 4) is 22.8 Å². The van der Waals surface area contributed by atoms with Gasteiger partial charge >= 0.3 is 0 Å². The van der Waals surface area contributed by atoms with Crippen LogP contribution in [0.2, 0.25) is 0 Å². The monoisotopic (exact) mass is 463 g/mol. The van der Waals surface area contributed by atoms with Crippen LogP contribution in [0.5, 0.6) is 11.5 Å². The molecule has 1 aliphatic heterocycles. The Morgan fingerprint density at radius 2 is 1.82 bits per heavy atom. The molecule has 0 radical (unpaired) electrons. The molecule has 2 heterocycles. The molecule has 2 aromatic carbocycles. The van der Waals surface area contributed by atoms with Crippen molar-refractivity contribution in [2.75, 3.05) is 19.0 Å². The fourth-order valence-corrected chi connectivity index (χ4v) is 5.65. The van der Waals surface area contributed by atoms with Crippen molar-refractivity contribution in [1.29, 1.82) is 0 Å². The Morgan fingerprint density at radius 3 is 2.58 bits per heavy atom. The van der Waals surface area contributed by atoms with Gasteiger partial charge in [0.1, 0.15) is 11.5 Å². The van der Waals surface area contributed by atoms with Crippen LogP contribution in [0.1, 0.15) is 51.0 Å². The van der Waals surface area contributed by atoms with E-state index in [9.17, 15) is 4.79 Å². The summed E-state index contributed by atoms with van der Waals surface area (Å²) in [4.78, 5) is 17.9. The van der Waals surface area contributed by atoms with E-state index in [1.807, 2.05) is 36.4 Å². The van der Waals surface area contributed by atoms with E-state index in [-0.39, 0.29) is 12.5 Å². The molecule has 7 heteroatoms. The molecule has 6 nitrogen and oxygen atoms in total. The number of anilines is 1. The maximum Gasteiger partial charge on any atom is 0.262 e. The van der Waals surface area contributed by atoms with Gasteiger partial charge in [0.2, 0.25) is 0 Å². The second-order valence-corrected chi connectivity index (χ2v) is 9.47. The number of carbonyl (C=O) groups excluding carboxylic acids is 1. The molecule has 1 amide bonds. The van der Waals surface area contributed by atoms with Gasteiger partial charge < -0.3 is 19.4 Å². The maximum absolute atomic E-state index is 11.8. The second-order valence-electron chi connectivity index (χ2n) is 8.63. The van der Waals surface area contributed by atoms with Crippen LogP contribution < -0.4 is 19.6 Å². The fraction of sp³-hybridized carbons (Fsp3) is 0.385. The van der Waals surface area contributed by atoms with Gasteiger partial charge in [0, 0.05) is 17.0 Å². The summed E-state index contributed by atoms with van der Waals surface area (Å²) in [5.41, 5.74) is 3.84. The van der Waals surface area contributed by atoms with Crippen molar-refractivity contribution in [2.24, 2.45) is 4.99 Å². The number of carbonyl (C=O) groups is 1. The van der Waals surface area contributed by atoms with Gasteiger partial charge in [0.05, 0.1) is 24.2 Å². The van der Waals surface area contributed by atoms with E-state index in [4.69, 9.17) is 14.5 Å². The molecule has 0 saturated heterocycles. The summed E-state index contributed by atoms with van der Waals surface area (Å²) in [5.74, 6) is 1.43. The first-order valence-corrected chi connectivity index (χ1v) is 12.5. The van der Waals surface area contributed by atoms with Gasteiger partial charge in [0.25, 0.3) is 5.91 Å². The number of amides is 1. The van der Waals surface area contributed by atoms with Crippen LogP contribution in [-0.2, 0) is 4.79 Å². The number of aromatic nitrogens is 1. The van der Waals surface area contributed by atoms with E-state index in [2.05, 4.69) is 21.3 Å². The molecule has 1 aromatic heterocycles. The van der Waals surface area contributed by atoms with E-state index in [0.29, 0.717) is 11.8 Å². The molecule has 3 aromatic rings. The molecular formula is C26H29N3O3S. The van der Waals surface area contributed by atoms with Gasteiger partial charge in [-0.15, -0.1) is 11.3 Å². The summed E-state index contributed by atoms with van der Waals surface area (Å²) in [6.45, 7) is 0.0672. The van der Waals surface area contributed by atoms with E-state index in [1.165, 1.54) is 32.1 Å². The topological polar surface area (TPSA) is 64.8 Å². The third-order valence-electron chi connectivity index (χ3n) is 6.39. The number of thiazole rings is 1. The van der Waals surface area contributed by atoms with Gasteiger partial charge in [0.15, 0.2) is 11.4 Å². The Morgan fingerprint density at radius 1 is 1.06 bits per heavy atom. The summed E-state index contributed by atoms with van der Waals surface area (Å²) in [7, 11) is 1.67. The average molecular weight is 464 g/mol. The molecule has 1 saturated carbocycles. The largest absolute Gasteiger partial charge is 0.497 e. The van der Waals surface area contributed by atoms with Gasteiger partial charge in [-0.1, -0.05) is 32.1 Å². The average Bonchev–Trinajstić information content (AvgIpc) is 3.22. The van der Waals surface area contributed by atoms with Gasteiger partial charge in [-0.25, -0.2) is 4.99 Å². The summed E-state index contributed by atoms with van der Waals surface area (Å²) < 4.78 is 13.3. The molecule has 0 unspecified atom stereocenters. The van der Waals surface area contributed by atoms with Crippen molar-refractivity contribution in [3.05, 3.63) is 52.6 Å². The third-order valence-corrected chi connectivity index (χ3v) is 7.23. The molecular weight excluding hydrogens is 434 g/mol. The van der Waals surface area contributed by atoms with Crippen molar-refractivity contribution >= 4 is 28.6 Å². The van der Waals surface area contributed by atoms with Crippen molar-refractivity contribution in [2.45, 2.75) is 51.0 Å². The summed E-state index contributed by atoms with van der Waals surface area (Å²) >= 11 is 1.67. The molecule has 0 spiro atoms. The van der Waals surface area contributed by atoms with E-state index >= 15 is 0 Å². The first-order valence-electron chi connectivity index (χ1n) is 11.7. The Bertz CT molecular complexity index is 1190. The highest BCUT2D eigenvalue weighted by Crippen LogP contribution is 2.36. The first-order chi connectivity index (χ1) is 16.2. The summed E-state index contributed by atoms with van der Waals surface area (Å²) in [6.07, 6.45) is 8.72. The molecule has 0 bridgehead atoms. The molecule has 33 heavy (non-hydrogen) atoms.